The third-order valence-corrected chi connectivity index (χ3v) is 4.21. The Labute approximate surface area is 130 Å². The molecule has 0 radical (unpaired) electrons. The Bertz CT molecular complexity index is 434. The van der Waals surface area contributed by atoms with Gasteiger partial charge in [-0.1, -0.05) is 0 Å². The Morgan fingerprint density at radius 1 is 1.10 bits per heavy atom. The zero-order chi connectivity index (χ0) is 14.5. The maximum absolute atomic E-state index is 6.00. The highest BCUT2D eigenvalue weighted by Gasteiger charge is 2.23. The van der Waals surface area contributed by atoms with E-state index in [4.69, 9.17) is 25.5 Å². The first-order valence-corrected chi connectivity index (χ1v) is 8.06. The summed E-state index contributed by atoms with van der Waals surface area (Å²) in [6, 6.07) is 3.75. The molecule has 0 aliphatic carbocycles. The van der Waals surface area contributed by atoms with Gasteiger partial charge in [-0.15, -0.1) is 0 Å². The zero-order valence-corrected chi connectivity index (χ0v) is 13.1. The molecule has 2 aliphatic rings. The van der Waals surface area contributed by atoms with Crippen molar-refractivity contribution in [2.24, 2.45) is 0 Å². The lowest BCUT2D eigenvalue weighted by molar-refractivity contribution is -0.0125. The molecule has 6 heteroatoms. The van der Waals surface area contributed by atoms with Crippen molar-refractivity contribution in [3.63, 3.8) is 0 Å². The van der Waals surface area contributed by atoms with Crippen molar-refractivity contribution in [2.75, 3.05) is 52.5 Å². The number of hydrogen-bond acceptors (Lipinski definition) is 5. The number of furan rings is 1. The quantitative estimate of drug-likeness (QED) is 0.848. The second-order valence-corrected chi connectivity index (χ2v) is 6.07. The largest absolute Gasteiger partial charge is 0.448 e. The second-order valence-electron chi connectivity index (χ2n) is 5.70. The number of morpholine rings is 1. The predicted molar refractivity (Wildman–Crippen MR) is 80.6 cm³/mol. The molecule has 2 aliphatic heterocycles. The molecule has 0 bridgehead atoms. The lowest BCUT2D eigenvalue weighted by Crippen LogP contribution is -2.44. The molecule has 3 rings (SSSR count). The van der Waals surface area contributed by atoms with Gasteiger partial charge in [-0.2, -0.15) is 0 Å². The van der Waals surface area contributed by atoms with Gasteiger partial charge in [0.05, 0.1) is 25.9 Å². The number of hydrogen-bond donors (Lipinski definition) is 0. The van der Waals surface area contributed by atoms with Gasteiger partial charge in [0.25, 0.3) is 0 Å². The summed E-state index contributed by atoms with van der Waals surface area (Å²) in [7, 11) is 0. The van der Waals surface area contributed by atoms with Crippen LogP contribution < -0.4 is 0 Å². The van der Waals surface area contributed by atoms with E-state index in [9.17, 15) is 0 Å². The van der Waals surface area contributed by atoms with Crippen molar-refractivity contribution >= 4 is 11.6 Å². The molecule has 1 unspecified atom stereocenters. The summed E-state index contributed by atoms with van der Waals surface area (Å²) in [5, 5.41) is 0.459. The van der Waals surface area contributed by atoms with Crippen LogP contribution in [0.5, 0.6) is 0 Å². The molecule has 21 heavy (non-hydrogen) atoms. The lowest BCUT2D eigenvalue weighted by atomic mass is 10.2. The summed E-state index contributed by atoms with van der Waals surface area (Å²) in [6.07, 6.45) is 1.32. The van der Waals surface area contributed by atoms with E-state index in [1.807, 2.05) is 6.07 Å². The third kappa shape index (κ3) is 4.69. The minimum Gasteiger partial charge on any atom is -0.448 e. The molecule has 1 atom stereocenters. The molecule has 0 spiro atoms. The first kappa shape index (κ1) is 15.3. The van der Waals surface area contributed by atoms with Crippen LogP contribution in [0.3, 0.4) is 0 Å². The SMILES string of the molecule is Clc1ccc(CN2CCCOC(CN3CCOCC3)C2)o1. The van der Waals surface area contributed by atoms with Crippen LogP contribution in [0, 0.1) is 0 Å². The highest BCUT2D eigenvalue weighted by Crippen LogP contribution is 2.17. The maximum Gasteiger partial charge on any atom is 0.193 e. The van der Waals surface area contributed by atoms with Gasteiger partial charge in [0.2, 0.25) is 0 Å². The van der Waals surface area contributed by atoms with Crippen LogP contribution in [-0.2, 0) is 16.0 Å². The summed E-state index contributed by atoms with van der Waals surface area (Å²) < 4.78 is 16.9. The summed E-state index contributed by atoms with van der Waals surface area (Å²) in [5.41, 5.74) is 0. The van der Waals surface area contributed by atoms with E-state index in [0.717, 1.165) is 71.3 Å². The molecule has 2 fully saturated rings. The summed E-state index contributed by atoms with van der Waals surface area (Å²) >= 11 is 5.84. The molecule has 0 amide bonds. The van der Waals surface area contributed by atoms with Crippen LogP contribution in [0.4, 0.5) is 0 Å². The molecule has 3 heterocycles. The Balaban J connectivity index is 1.52. The van der Waals surface area contributed by atoms with E-state index in [1.54, 1.807) is 6.07 Å². The van der Waals surface area contributed by atoms with Gasteiger partial charge in [-0.05, 0) is 30.2 Å². The van der Waals surface area contributed by atoms with Crippen LogP contribution in [-0.4, -0.2) is 68.4 Å². The predicted octanol–water partition coefficient (Wildman–Crippen LogP) is 1.86. The molecule has 0 saturated carbocycles. The van der Waals surface area contributed by atoms with Crippen molar-refractivity contribution in [3.05, 3.63) is 23.1 Å². The van der Waals surface area contributed by atoms with E-state index in [2.05, 4.69) is 9.80 Å². The molecule has 2 saturated heterocycles. The fourth-order valence-corrected chi connectivity index (χ4v) is 3.12. The number of halogens is 1. The summed E-state index contributed by atoms with van der Waals surface area (Å²) in [4.78, 5) is 4.83. The minimum atomic E-state index is 0.260. The molecule has 118 valence electrons. The van der Waals surface area contributed by atoms with Crippen molar-refractivity contribution in [2.45, 2.75) is 19.1 Å². The Morgan fingerprint density at radius 3 is 2.71 bits per heavy atom. The van der Waals surface area contributed by atoms with E-state index in [1.165, 1.54) is 0 Å². The average molecular weight is 315 g/mol. The van der Waals surface area contributed by atoms with Gasteiger partial charge in [-0.3, -0.25) is 9.80 Å². The van der Waals surface area contributed by atoms with Crippen molar-refractivity contribution < 1.29 is 13.9 Å². The number of nitrogens with zero attached hydrogens (tertiary/aromatic N) is 2. The topological polar surface area (TPSA) is 38.1 Å². The summed E-state index contributed by atoms with van der Waals surface area (Å²) in [6.45, 7) is 8.29. The Morgan fingerprint density at radius 2 is 1.95 bits per heavy atom. The molecular weight excluding hydrogens is 292 g/mol. The van der Waals surface area contributed by atoms with Crippen LogP contribution in [0.15, 0.2) is 16.5 Å². The number of ether oxygens (including phenoxy) is 2. The molecule has 1 aromatic heterocycles. The van der Waals surface area contributed by atoms with Crippen LogP contribution >= 0.6 is 11.6 Å². The molecule has 5 nitrogen and oxygen atoms in total. The number of rotatable bonds is 4. The normalized spacial score (nSPS) is 25.9. The van der Waals surface area contributed by atoms with Crippen LogP contribution in [0.2, 0.25) is 5.22 Å². The molecule has 0 N–H and O–H groups in total. The lowest BCUT2D eigenvalue weighted by Gasteiger charge is -2.31. The van der Waals surface area contributed by atoms with Gasteiger partial charge in [0.1, 0.15) is 5.76 Å². The highest BCUT2D eigenvalue weighted by molar-refractivity contribution is 6.28. The van der Waals surface area contributed by atoms with Gasteiger partial charge in [0, 0.05) is 39.3 Å². The zero-order valence-electron chi connectivity index (χ0n) is 12.3. The van der Waals surface area contributed by atoms with Crippen molar-refractivity contribution in [3.8, 4) is 0 Å². The maximum atomic E-state index is 6.00. The Kier molecular flexibility index (Phi) is 5.55. The van der Waals surface area contributed by atoms with Gasteiger partial charge >= 0.3 is 0 Å². The van der Waals surface area contributed by atoms with Gasteiger partial charge in [0.15, 0.2) is 5.22 Å². The smallest absolute Gasteiger partial charge is 0.193 e. The van der Waals surface area contributed by atoms with E-state index in [0.29, 0.717) is 5.22 Å². The van der Waals surface area contributed by atoms with Crippen molar-refractivity contribution in [1.29, 1.82) is 0 Å². The molecule has 1 aromatic rings. The fraction of sp³-hybridized carbons (Fsp3) is 0.733. The Hall–Kier alpha value is -0.590. The van der Waals surface area contributed by atoms with E-state index < -0.39 is 0 Å². The second kappa shape index (κ2) is 7.61. The minimum absolute atomic E-state index is 0.260. The fourth-order valence-electron chi connectivity index (χ4n) is 2.95. The molecule has 0 aromatic carbocycles. The van der Waals surface area contributed by atoms with E-state index >= 15 is 0 Å². The highest BCUT2D eigenvalue weighted by atomic mass is 35.5. The monoisotopic (exact) mass is 314 g/mol. The first-order chi connectivity index (χ1) is 10.3. The van der Waals surface area contributed by atoms with E-state index in [-0.39, 0.29) is 6.10 Å². The average Bonchev–Trinajstić information content (AvgIpc) is 2.76. The van der Waals surface area contributed by atoms with Gasteiger partial charge in [-0.25, -0.2) is 0 Å². The molecular formula is C15H23ClN2O3. The van der Waals surface area contributed by atoms with Gasteiger partial charge < -0.3 is 13.9 Å². The van der Waals surface area contributed by atoms with Crippen LogP contribution in [0.25, 0.3) is 0 Å². The first-order valence-electron chi connectivity index (χ1n) is 7.68. The third-order valence-electron chi connectivity index (χ3n) is 4.01. The van der Waals surface area contributed by atoms with Crippen molar-refractivity contribution in [1.82, 2.24) is 9.80 Å². The van der Waals surface area contributed by atoms with Crippen LogP contribution in [0.1, 0.15) is 12.2 Å². The summed E-state index contributed by atoms with van der Waals surface area (Å²) in [5.74, 6) is 0.923. The standard InChI is InChI=1S/C15H23ClN2O3/c16-15-3-2-13(21-15)10-18-4-1-7-20-14(12-18)11-17-5-8-19-9-6-17/h2-3,14H,1,4-12H2.